The molecule has 1 aromatic rings. The molecule has 0 saturated carbocycles. The Balaban J connectivity index is 2.47. The van der Waals surface area contributed by atoms with Gasteiger partial charge in [0, 0.05) is 6.42 Å². The lowest BCUT2D eigenvalue weighted by Gasteiger charge is -2.07. The second kappa shape index (κ2) is 5.32. The predicted molar refractivity (Wildman–Crippen MR) is 55.9 cm³/mol. The first kappa shape index (κ1) is 11.5. The maximum atomic E-state index is 12.8. The largest absolute Gasteiger partial charge is 0.493 e. The van der Waals surface area contributed by atoms with Crippen molar-refractivity contribution < 1.29 is 14.2 Å². The number of rotatable bonds is 4. The van der Waals surface area contributed by atoms with Crippen molar-refractivity contribution in [2.24, 2.45) is 0 Å². The predicted octanol–water partition coefficient (Wildman–Crippen LogP) is 2.74. The van der Waals surface area contributed by atoms with Crippen molar-refractivity contribution in [1.82, 2.24) is 0 Å². The smallest absolute Gasteiger partial charge is 0.137 e. The Labute approximate surface area is 90.8 Å². The first-order valence-electron chi connectivity index (χ1n) is 4.35. The monoisotopic (exact) mass is 262 g/mol. The van der Waals surface area contributed by atoms with Crippen LogP contribution in [0.25, 0.3) is 0 Å². The van der Waals surface area contributed by atoms with Crippen LogP contribution in [0.15, 0.2) is 22.7 Å². The molecular weight excluding hydrogens is 251 g/mol. The molecular formula is C10H12BrFO2. The molecule has 0 aliphatic rings. The highest BCUT2D eigenvalue weighted by molar-refractivity contribution is 9.10. The Bertz CT molecular complexity index is 302. The molecule has 4 heteroatoms. The van der Waals surface area contributed by atoms with Gasteiger partial charge in [-0.1, -0.05) is 0 Å². The van der Waals surface area contributed by atoms with E-state index in [9.17, 15) is 4.39 Å². The third kappa shape index (κ3) is 3.64. The van der Waals surface area contributed by atoms with Crippen molar-refractivity contribution in [2.75, 3.05) is 6.61 Å². The summed E-state index contributed by atoms with van der Waals surface area (Å²) in [6, 6.07) is 4.46. The molecule has 1 aromatic carbocycles. The molecule has 1 N–H and O–H groups in total. The molecule has 0 bridgehead atoms. The second-order valence-corrected chi connectivity index (χ2v) is 3.92. The average molecular weight is 263 g/mol. The minimum atomic E-state index is -0.376. The van der Waals surface area contributed by atoms with Gasteiger partial charge in [0.25, 0.3) is 0 Å². The fraction of sp³-hybridized carbons (Fsp3) is 0.400. The van der Waals surface area contributed by atoms with Crippen molar-refractivity contribution in [3.63, 3.8) is 0 Å². The summed E-state index contributed by atoms with van der Waals surface area (Å²) in [6.45, 7) is 2.12. The summed E-state index contributed by atoms with van der Waals surface area (Å²) in [5.41, 5.74) is 0. The highest BCUT2D eigenvalue weighted by Gasteiger charge is 2.01. The second-order valence-electron chi connectivity index (χ2n) is 3.06. The molecule has 0 saturated heterocycles. The van der Waals surface area contributed by atoms with Gasteiger partial charge in [-0.05, 0) is 41.1 Å². The van der Waals surface area contributed by atoms with Crippen LogP contribution in [0.4, 0.5) is 4.39 Å². The van der Waals surface area contributed by atoms with Gasteiger partial charge in [0.15, 0.2) is 0 Å². The number of aliphatic hydroxyl groups excluding tert-OH is 1. The number of halogens is 2. The minimum absolute atomic E-state index is 0.312. The van der Waals surface area contributed by atoms with Crippen LogP contribution < -0.4 is 4.74 Å². The van der Waals surface area contributed by atoms with Crippen LogP contribution in [-0.4, -0.2) is 17.8 Å². The van der Waals surface area contributed by atoms with Gasteiger partial charge >= 0.3 is 0 Å². The maximum absolute atomic E-state index is 12.8. The van der Waals surface area contributed by atoms with E-state index in [-0.39, 0.29) is 11.9 Å². The Hall–Kier alpha value is -0.610. The van der Waals surface area contributed by atoms with Gasteiger partial charge < -0.3 is 9.84 Å². The first-order valence-corrected chi connectivity index (χ1v) is 5.15. The summed E-state index contributed by atoms with van der Waals surface area (Å²) in [5, 5.41) is 8.98. The van der Waals surface area contributed by atoms with Gasteiger partial charge in [0.2, 0.25) is 0 Å². The third-order valence-electron chi connectivity index (χ3n) is 1.70. The van der Waals surface area contributed by atoms with Crippen LogP contribution in [-0.2, 0) is 0 Å². The molecule has 0 heterocycles. The van der Waals surface area contributed by atoms with Crippen molar-refractivity contribution in [2.45, 2.75) is 19.4 Å². The lowest BCUT2D eigenvalue weighted by atomic mass is 10.3. The molecule has 0 aliphatic heterocycles. The zero-order valence-electron chi connectivity index (χ0n) is 7.84. The van der Waals surface area contributed by atoms with Crippen LogP contribution in [0.3, 0.4) is 0 Å². The molecule has 0 amide bonds. The van der Waals surface area contributed by atoms with E-state index in [4.69, 9.17) is 9.84 Å². The Morgan fingerprint density at radius 3 is 2.86 bits per heavy atom. The van der Waals surface area contributed by atoms with Crippen LogP contribution in [0.1, 0.15) is 13.3 Å². The Morgan fingerprint density at radius 2 is 2.29 bits per heavy atom. The van der Waals surface area contributed by atoms with Crippen molar-refractivity contribution in [1.29, 1.82) is 0 Å². The quantitative estimate of drug-likeness (QED) is 0.905. The summed E-state index contributed by atoms with van der Waals surface area (Å²) in [7, 11) is 0. The van der Waals surface area contributed by atoms with E-state index < -0.39 is 0 Å². The van der Waals surface area contributed by atoms with Gasteiger partial charge in [-0.3, -0.25) is 0 Å². The number of benzene rings is 1. The van der Waals surface area contributed by atoms with Crippen molar-refractivity contribution in [3.8, 4) is 5.75 Å². The van der Waals surface area contributed by atoms with Gasteiger partial charge in [-0.2, -0.15) is 0 Å². The molecule has 0 radical (unpaired) electrons. The van der Waals surface area contributed by atoms with Crippen LogP contribution in [0, 0.1) is 5.82 Å². The van der Waals surface area contributed by atoms with E-state index >= 15 is 0 Å². The molecule has 1 rings (SSSR count). The average Bonchev–Trinajstić information content (AvgIpc) is 2.10. The molecule has 0 fully saturated rings. The van der Waals surface area contributed by atoms with Gasteiger partial charge in [0.1, 0.15) is 11.6 Å². The maximum Gasteiger partial charge on any atom is 0.137 e. The normalized spacial score (nSPS) is 12.6. The lowest BCUT2D eigenvalue weighted by Crippen LogP contribution is -2.07. The number of hydrogen-bond acceptors (Lipinski definition) is 2. The highest BCUT2D eigenvalue weighted by Crippen LogP contribution is 2.21. The fourth-order valence-corrected chi connectivity index (χ4v) is 1.27. The summed E-state index contributed by atoms with van der Waals surface area (Å²) < 4.78 is 18.5. The number of ether oxygens (including phenoxy) is 1. The Kier molecular flexibility index (Phi) is 4.35. The topological polar surface area (TPSA) is 29.5 Å². The SMILES string of the molecule is CC(O)CCOc1ccc(F)c(Br)c1. The molecule has 0 aromatic heterocycles. The molecule has 0 aliphatic carbocycles. The van der Waals surface area contributed by atoms with E-state index in [2.05, 4.69) is 15.9 Å². The molecule has 2 nitrogen and oxygen atoms in total. The van der Waals surface area contributed by atoms with Crippen molar-refractivity contribution >= 4 is 15.9 Å². The van der Waals surface area contributed by atoms with Crippen molar-refractivity contribution in [3.05, 3.63) is 28.5 Å². The van der Waals surface area contributed by atoms with E-state index in [1.807, 2.05) is 0 Å². The van der Waals surface area contributed by atoms with E-state index in [1.54, 1.807) is 19.1 Å². The highest BCUT2D eigenvalue weighted by atomic mass is 79.9. The lowest BCUT2D eigenvalue weighted by molar-refractivity contribution is 0.155. The molecule has 1 atom stereocenters. The summed E-state index contributed by atoms with van der Waals surface area (Å²) in [5.74, 6) is 0.284. The standard InChI is InChI=1S/C10H12BrFO2/c1-7(13)4-5-14-8-2-3-10(12)9(11)6-8/h2-3,6-7,13H,4-5H2,1H3. The van der Waals surface area contributed by atoms with E-state index in [0.29, 0.717) is 23.2 Å². The van der Waals surface area contributed by atoms with Gasteiger partial charge in [0.05, 0.1) is 17.2 Å². The summed E-state index contributed by atoms with van der Waals surface area (Å²) in [6.07, 6.45) is 0.188. The minimum Gasteiger partial charge on any atom is -0.493 e. The molecule has 78 valence electrons. The molecule has 0 spiro atoms. The van der Waals surface area contributed by atoms with Crippen LogP contribution >= 0.6 is 15.9 Å². The first-order chi connectivity index (χ1) is 6.59. The van der Waals surface area contributed by atoms with E-state index in [1.165, 1.54) is 6.07 Å². The molecule has 14 heavy (non-hydrogen) atoms. The zero-order valence-corrected chi connectivity index (χ0v) is 9.42. The van der Waals surface area contributed by atoms with E-state index in [0.717, 1.165) is 0 Å². The summed E-state index contributed by atoms with van der Waals surface area (Å²) in [4.78, 5) is 0. The van der Waals surface area contributed by atoms with Crippen LogP contribution in [0.2, 0.25) is 0 Å². The van der Waals surface area contributed by atoms with Crippen LogP contribution in [0.5, 0.6) is 5.75 Å². The summed E-state index contributed by atoms with van der Waals surface area (Å²) >= 11 is 3.06. The zero-order chi connectivity index (χ0) is 10.6. The number of hydrogen-bond donors (Lipinski definition) is 1. The van der Waals surface area contributed by atoms with Gasteiger partial charge in [-0.15, -0.1) is 0 Å². The molecule has 1 unspecified atom stereocenters. The Morgan fingerprint density at radius 1 is 1.57 bits per heavy atom. The van der Waals surface area contributed by atoms with Gasteiger partial charge in [-0.25, -0.2) is 4.39 Å². The third-order valence-corrected chi connectivity index (χ3v) is 2.30. The fourth-order valence-electron chi connectivity index (χ4n) is 0.914. The number of aliphatic hydroxyl groups is 1.